The fraction of sp³-hybridized carbons (Fsp3) is 0.543. The Labute approximate surface area is 278 Å². The molecule has 0 radical (unpaired) electrons. The van der Waals surface area contributed by atoms with E-state index in [4.69, 9.17) is 21.1 Å². The molecule has 9 nitrogen and oxygen atoms in total. The Balaban J connectivity index is 1.53. The number of carbonyl (C=O) groups is 2. The van der Waals surface area contributed by atoms with Gasteiger partial charge in [0.2, 0.25) is 0 Å². The highest BCUT2D eigenvalue weighted by Crippen LogP contribution is 2.42. The molecule has 0 spiro atoms. The molecule has 2 heterocycles. The summed E-state index contributed by atoms with van der Waals surface area (Å²) in [7, 11) is -1.70. The lowest BCUT2D eigenvalue weighted by molar-refractivity contribution is -0.152. The average Bonchev–Trinajstić information content (AvgIpc) is 3.04. The SMILES string of the molecule is C[C@H]1C/C=C/[C@H](OC(=O)CCC(O)CO)[C@@H]2CC[C@H]2CN2Cc3ccc(Cl)cc3CCCCOc3ccc(cc32)C(=O)N=[S-](=O)C1. The fourth-order valence-electron chi connectivity index (χ4n) is 6.39. The molecule has 1 saturated carbocycles. The minimum atomic E-state index is -1.70. The highest BCUT2D eigenvalue weighted by Gasteiger charge is 2.39. The van der Waals surface area contributed by atoms with Crippen LogP contribution in [-0.4, -0.2) is 59.8 Å². The quantitative estimate of drug-likeness (QED) is 0.225. The number of rotatable bonds is 5. The monoisotopic (exact) mass is 671 g/mol. The molecule has 0 saturated heterocycles. The van der Waals surface area contributed by atoms with Crippen molar-refractivity contribution >= 4 is 39.8 Å². The van der Waals surface area contributed by atoms with Gasteiger partial charge in [0.1, 0.15) is 11.9 Å². The maximum atomic E-state index is 13.2. The summed E-state index contributed by atoms with van der Waals surface area (Å²) >= 11 is 6.42. The molecule has 5 rings (SSSR count). The molecule has 1 amide bonds. The minimum Gasteiger partial charge on any atom is -0.491 e. The van der Waals surface area contributed by atoms with Gasteiger partial charge in [-0.1, -0.05) is 42.3 Å². The lowest BCUT2D eigenvalue weighted by atomic mass is 9.70. The topological polar surface area (TPSA) is 126 Å². The van der Waals surface area contributed by atoms with Crippen molar-refractivity contribution in [3.63, 3.8) is 0 Å². The van der Waals surface area contributed by atoms with Gasteiger partial charge >= 0.3 is 5.97 Å². The van der Waals surface area contributed by atoms with Crippen LogP contribution in [0.5, 0.6) is 5.75 Å². The normalized spacial score (nSPS) is 25.7. The molecular weight excluding hydrogens is 628 g/mol. The van der Waals surface area contributed by atoms with Gasteiger partial charge in [-0.15, -0.1) is 0 Å². The number of hydrogen-bond acceptors (Lipinski definition) is 9. The summed E-state index contributed by atoms with van der Waals surface area (Å²) in [6.07, 6.45) is 7.69. The molecule has 2 bridgehead atoms. The zero-order chi connectivity index (χ0) is 32.6. The van der Waals surface area contributed by atoms with E-state index in [-0.39, 0.29) is 36.3 Å². The number of aliphatic hydroxyl groups excluding tert-OH is 2. The van der Waals surface area contributed by atoms with E-state index < -0.39 is 41.3 Å². The van der Waals surface area contributed by atoms with Gasteiger partial charge in [-0.3, -0.25) is 9.59 Å². The number of carbonyl (C=O) groups excluding carboxylic acids is 2. The Kier molecular flexibility index (Phi) is 12.2. The van der Waals surface area contributed by atoms with Crippen LogP contribution < -0.4 is 9.64 Å². The zero-order valence-corrected chi connectivity index (χ0v) is 27.9. The summed E-state index contributed by atoms with van der Waals surface area (Å²) in [5.41, 5.74) is 3.44. The van der Waals surface area contributed by atoms with Crippen molar-refractivity contribution in [2.45, 2.75) is 77.0 Å². The maximum absolute atomic E-state index is 13.2. The smallest absolute Gasteiger partial charge is 0.306 e. The van der Waals surface area contributed by atoms with Gasteiger partial charge in [0.25, 0.3) is 5.91 Å². The summed E-state index contributed by atoms with van der Waals surface area (Å²) in [5, 5.41) is 19.6. The largest absolute Gasteiger partial charge is 0.491 e. The molecule has 11 heteroatoms. The van der Waals surface area contributed by atoms with Crippen molar-refractivity contribution in [2.24, 2.45) is 22.1 Å². The van der Waals surface area contributed by atoms with E-state index in [0.717, 1.165) is 43.4 Å². The van der Waals surface area contributed by atoms with Crippen molar-refractivity contribution < 1.29 is 33.5 Å². The third-order valence-corrected chi connectivity index (χ3v) is 10.6. The van der Waals surface area contributed by atoms with E-state index in [1.807, 2.05) is 37.3 Å². The van der Waals surface area contributed by atoms with Gasteiger partial charge in [-0.2, -0.15) is 10.6 Å². The predicted molar refractivity (Wildman–Crippen MR) is 178 cm³/mol. The minimum absolute atomic E-state index is 0.00727. The number of halogens is 1. The van der Waals surface area contributed by atoms with E-state index in [2.05, 4.69) is 15.3 Å². The molecule has 1 unspecified atom stereocenters. The summed E-state index contributed by atoms with van der Waals surface area (Å²) in [5.74, 6) is 0.194. The third-order valence-electron chi connectivity index (χ3n) is 9.16. The number of benzene rings is 2. The van der Waals surface area contributed by atoms with Gasteiger partial charge in [-0.05, 0) is 98.4 Å². The first-order chi connectivity index (χ1) is 22.2. The second-order valence-electron chi connectivity index (χ2n) is 12.8. The van der Waals surface area contributed by atoms with Crippen LogP contribution in [0.1, 0.15) is 73.4 Å². The molecular formula is C35H44ClN2O7S-. The van der Waals surface area contributed by atoms with Gasteiger partial charge < -0.3 is 33.2 Å². The standard InChI is InChI=1S/C35H44ClN2O7S/c1-23-5-4-7-32(45-34(41)15-12-29(40)21-39)30-13-9-27(30)20-38-19-26-8-11-28(36)17-24(26)6-2-3-16-44-33-14-10-25(18-31(33)38)35(42)37-46(43)22-23/h4,7-8,10-11,14,17-18,23,27,29-30,32,39-40H,2-3,5-6,9,12-13,15-16,19-22H2,1H3/q-1/b7-4+/t23-,27-,29?,30+,32-/m0/s1. The highest BCUT2D eigenvalue weighted by molar-refractivity contribution is 7.75. The van der Waals surface area contributed by atoms with Crippen LogP contribution in [0.15, 0.2) is 52.9 Å². The van der Waals surface area contributed by atoms with E-state index in [1.54, 1.807) is 12.1 Å². The first-order valence-electron chi connectivity index (χ1n) is 16.3. The molecule has 3 aliphatic rings. The van der Waals surface area contributed by atoms with E-state index in [9.17, 15) is 24.0 Å². The predicted octanol–water partition coefficient (Wildman–Crippen LogP) is 6.02. The lowest BCUT2D eigenvalue weighted by Crippen LogP contribution is -2.44. The highest BCUT2D eigenvalue weighted by atomic mass is 35.5. The Morgan fingerprint density at radius 1 is 1.20 bits per heavy atom. The number of aryl methyl sites for hydroxylation is 1. The second-order valence-corrected chi connectivity index (χ2v) is 14.4. The van der Waals surface area contributed by atoms with Crippen LogP contribution in [-0.2, 0) is 37.3 Å². The molecule has 2 aliphatic heterocycles. The van der Waals surface area contributed by atoms with Crippen molar-refractivity contribution in [1.29, 1.82) is 0 Å². The van der Waals surface area contributed by atoms with Crippen LogP contribution in [0.2, 0.25) is 5.02 Å². The number of hydrogen-bond donors (Lipinski definition) is 2. The Hall–Kier alpha value is -2.92. The van der Waals surface area contributed by atoms with Crippen LogP contribution >= 0.6 is 11.6 Å². The van der Waals surface area contributed by atoms with Crippen molar-refractivity contribution in [2.75, 3.05) is 30.4 Å². The Morgan fingerprint density at radius 2 is 2.04 bits per heavy atom. The Bertz CT molecular complexity index is 1510. The van der Waals surface area contributed by atoms with Gasteiger partial charge in [0.05, 0.1) is 25.0 Å². The molecule has 1 fully saturated rings. The number of nitrogens with zero attached hydrogens (tertiary/aromatic N) is 2. The zero-order valence-electron chi connectivity index (χ0n) is 26.3. The summed E-state index contributed by atoms with van der Waals surface area (Å²) in [6, 6.07) is 11.3. The molecule has 0 aromatic heterocycles. The number of aliphatic hydroxyl groups is 2. The maximum Gasteiger partial charge on any atom is 0.306 e. The number of fused-ring (bicyclic) bond motifs is 3. The van der Waals surface area contributed by atoms with Gasteiger partial charge in [-0.25, -0.2) is 0 Å². The molecule has 2 aromatic rings. The number of ether oxygens (including phenoxy) is 2. The molecule has 5 atom stereocenters. The number of amides is 1. The van der Waals surface area contributed by atoms with E-state index in [1.165, 1.54) is 5.56 Å². The average molecular weight is 672 g/mol. The van der Waals surface area contributed by atoms with Crippen molar-refractivity contribution in [3.8, 4) is 5.75 Å². The van der Waals surface area contributed by atoms with Crippen LogP contribution in [0.4, 0.5) is 5.69 Å². The van der Waals surface area contributed by atoms with E-state index in [0.29, 0.717) is 42.5 Å². The van der Waals surface area contributed by atoms with Gasteiger partial charge in [0, 0.05) is 36.0 Å². The van der Waals surface area contributed by atoms with Crippen LogP contribution in [0.25, 0.3) is 0 Å². The molecule has 1 aliphatic carbocycles. The first-order valence-corrected chi connectivity index (χ1v) is 17.9. The number of allylic oxidation sites excluding steroid dienone is 1. The molecule has 46 heavy (non-hydrogen) atoms. The summed E-state index contributed by atoms with van der Waals surface area (Å²) in [4.78, 5) is 28.4. The molecule has 250 valence electrons. The Morgan fingerprint density at radius 3 is 2.83 bits per heavy atom. The molecule has 2 aromatic carbocycles. The number of esters is 1. The number of anilines is 1. The lowest BCUT2D eigenvalue weighted by Gasteiger charge is -2.43. The first kappa shape index (κ1) is 34.4. The van der Waals surface area contributed by atoms with E-state index >= 15 is 0 Å². The third kappa shape index (κ3) is 9.12. The summed E-state index contributed by atoms with van der Waals surface area (Å²) in [6.45, 7) is 3.26. The molecule has 2 N–H and O–H groups in total. The van der Waals surface area contributed by atoms with Crippen molar-refractivity contribution in [1.82, 2.24) is 0 Å². The second kappa shape index (κ2) is 16.3. The van der Waals surface area contributed by atoms with Crippen LogP contribution in [0, 0.1) is 17.8 Å². The fourth-order valence-corrected chi connectivity index (χ4v) is 7.57. The van der Waals surface area contributed by atoms with Gasteiger partial charge in [0.15, 0.2) is 0 Å². The van der Waals surface area contributed by atoms with Crippen LogP contribution in [0.3, 0.4) is 0 Å². The van der Waals surface area contributed by atoms with Crippen molar-refractivity contribution in [3.05, 3.63) is 70.3 Å². The summed E-state index contributed by atoms with van der Waals surface area (Å²) < 4.78 is 29.2.